The van der Waals surface area contributed by atoms with Crippen LogP contribution in [0.15, 0.2) is 53.4 Å². The van der Waals surface area contributed by atoms with Gasteiger partial charge in [0, 0.05) is 12.6 Å². The van der Waals surface area contributed by atoms with Crippen LogP contribution in [0.1, 0.15) is 44.1 Å². The third-order valence-electron chi connectivity index (χ3n) is 5.85. The average Bonchev–Trinajstić information content (AvgIpc) is 3.04. The molecule has 0 radical (unpaired) electrons. The number of para-hydroxylation sites is 1. The van der Waals surface area contributed by atoms with Crippen LogP contribution in [0.4, 0.5) is 5.69 Å². The van der Waals surface area contributed by atoms with Crippen molar-refractivity contribution in [1.29, 1.82) is 0 Å². The molecule has 7 heteroatoms. The summed E-state index contributed by atoms with van der Waals surface area (Å²) >= 11 is 0. The number of anilines is 1. The van der Waals surface area contributed by atoms with E-state index in [1.807, 2.05) is 24.3 Å². The van der Waals surface area contributed by atoms with E-state index in [4.69, 9.17) is 4.74 Å². The minimum Gasteiger partial charge on any atom is -0.484 e. The molecule has 0 atom stereocenters. The molecule has 1 saturated carbocycles. The van der Waals surface area contributed by atoms with Crippen LogP contribution in [0.2, 0.25) is 0 Å². The highest BCUT2D eigenvalue weighted by Gasteiger charge is 2.30. The largest absolute Gasteiger partial charge is 0.484 e. The van der Waals surface area contributed by atoms with Gasteiger partial charge in [0.25, 0.3) is 15.9 Å². The summed E-state index contributed by atoms with van der Waals surface area (Å²) in [5.41, 5.74) is 1.79. The van der Waals surface area contributed by atoms with E-state index in [1.165, 1.54) is 29.3 Å². The van der Waals surface area contributed by atoms with Gasteiger partial charge in [-0.15, -0.1) is 0 Å². The Labute approximate surface area is 178 Å². The Kier molecular flexibility index (Phi) is 6.27. The average molecular weight is 429 g/mol. The number of ether oxygens (including phenoxy) is 1. The number of fused-ring (bicyclic) bond motifs is 1. The molecule has 30 heavy (non-hydrogen) atoms. The zero-order valence-electron chi connectivity index (χ0n) is 17.0. The van der Waals surface area contributed by atoms with Crippen molar-refractivity contribution in [2.75, 3.05) is 17.5 Å². The zero-order valence-corrected chi connectivity index (χ0v) is 17.9. The third-order valence-corrected chi connectivity index (χ3v) is 7.67. The minimum atomic E-state index is -3.62. The predicted octanol–water partition coefficient (Wildman–Crippen LogP) is 3.66. The first-order valence-electron chi connectivity index (χ1n) is 10.7. The first-order chi connectivity index (χ1) is 14.5. The molecule has 2 aromatic carbocycles. The molecule has 1 aliphatic heterocycles. The first kappa shape index (κ1) is 20.7. The second-order valence-corrected chi connectivity index (χ2v) is 9.83. The number of carbonyl (C=O) groups is 1. The molecule has 6 nitrogen and oxygen atoms in total. The molecule has 1 aliphatic carbocycles. The molecule has 0 aromatic heterocycles. The highest BCUT2D eigenvalue weighted by molar-refractivity contribution is 7.92. The molecule has 2 aliphatic rings. The molecule has 160 valence electrons. The van der Waals surface area contributed by atoms with E-state index in [2.05, 4.69) is 5.32 Å². The summed E-state index contributed by atoms with van der Waals surface area (Å²) in [7, 11) is -3.62. The van der Waals surface area contributed by atoms with Crippen LogP contribution in [0.25, 0.3) is 0 Å². The van der Waals surface area contributed by atoms with Crippen LogP contribution in [-0.4, -0.2) is 33.5 Å². The number of nitrogens with one attached hydrogen (secondary N) is 1. The summed E-state index contributed by atoms with van der Waals surface area (Å²) in [6.45, 7) is 0.378. The molecule has 0 spiro atoms. The van der Waals surface area contributed by atoms with Gasteiger partial charge >= 0.3 is 0 Å². The lowest BCUT2D eigenvalue weighted by Crippen LogP contribution is -2.37. The molecule has 0 saturated heterocycles. The predicted molar refractivity (Wildman–Crippen MR) is 116 cm³/mol. The number of nitrogens with zero attached hydrogens (tertiary/aromatic N) is 1. The lowest BCUT2D eigenvalue weighted by Gasteiger charge is -2.20. The van der Waals surface area contributed by atoms with Crippen LogP contribution in [0, 0.1) is 0 Å². The summed E-state index contributed by atoms with van der Waals surface area (Å²) in [5.74, 6) is 0.346. The molecule has 1 N–H and O–H groups in total. The maximum atomic E-state index is 13.0. The fourth-order valence-corrected chi connectivity index (χ4v) is 5.74. The van der Waals surface area contributed by atoms with Crippen LogP contribution in [0.5, 0.6) is 5.75 Å². The van der Waals surface area contributed by atoms with E-state index in [1.54, 1.807) is 12.1 Å². The molecular weight excluding hydrogens is 400 g/mol. The minimum absolute atomic E-state index is 0.0674. The molecule has 4 rings (SSSR count). The molecule has 0 unspecified atom stereocenters. The number of amides is 1. The van der Waals surface area contributed by atoms with Gasteiger partial charge in [0.15, 0.2) is 6.61 Å². The second kappa shape index (κ2) is 9.08. The number of rotatable bonds is 6. The molecular formula is C23H28N2O4S. The zero-order chi connectivity index (χ0) is 21.0. The Bertz CT molecular complexity index is 981. The summed E-state index contributed by atoms with van der Waals surface area (Å²) in [6.07, 6.45) is 7.55. The van der Waals surface area contributed by atoms with E-state index in [-0.39, 0.29) is 23.5 Å². The van der Waals surface area contributed by atoms with Gasteiger partial charge in [-0.2, -0.15) is 0 Å². The van der Waals surface area contributed by atoms with Crippen molar-refractivity contribution in [2.45, 2.75) is 55.9 Å². The van der Waals surface area contributed by atoms with Crippen molar-refractivity contribution < 1.29 is 17.9 Å². The van der Waals surface area contributed by atoms with Gasteiger partial charge in [0.1, 0.15) is 5.75 Å². The van der Waals surface area contributed by atoms with Gasteiger partial charge < -0.3 is 10.1 Å². The smallest absolute Gasteiger partial charge is 0.264 e. The van der Waals surface area contributed by atoms with E-state index in [0.29, 0.717) is 18.7 Å². The SMILES string of the molecule is O=C(COc1ccc(S(=O)(=O)N2CCc3ccccc32)cc1)NC1CCCCCC1. The topological polar surface area (TPSA) is 75.7 Å². The van der Waals surface area contributed by atoms with Gasteiger partial charge in [0.2, 0.25) is 0 Å². The maximum absolute atomic E-state index is 13.0. The fraction of sp³-hybridized carbons (Fsp3) is 0.435. The monoisotopic (exact) mass is 428 g/mol. The van der Waals surface area contributed by atoms with Crippen LogP contribution in [0.3, 0.4) is 0 Å². The molecule has 1 amide bonds. The normalized spacial score (nSPS) is 17.3. The third kappa shape index (κ3) is 4.61. The maximum Gasteiger partial charge on any atom is 0.264 e. The molecule has 2 aromatic rings. The lowest BCUT2D eigenvalue weighted by molar-refractivity contribution is -0.123. The van der Waals surface area contributed by atoms with E-state index >= 15 is 0 Å². The number of sulfonamides is 1. The van der Waals surface area contributed by atoms with Crippen LogP contribution in [-0.2, 0) is 21.2 Å². The van der Waals surface area contributed by atoms with Crippen molar-refractivity contribution in [3.63, 3.8) is 0 Å². The second-order valence-electron chi connectivity index (χ2n) is 7.97. The highest BCUT2D eigenvalue weighted by atomic mass is 32.2. The molecule has 1 heterocycles. The summed E-state index contributed by atoms with van der Waals surface area (Å²) in [5, 5.41) is 3.04. The van der Waals surface area contributed by atoms with Crippen molar-refractivity contribution in [3.8, 4) is 5.75 Å². The number of hydrogen-bond acceptors (Lipinski definition) is 4. The first-order valence-corrected chi connectivity index (χ1v) is 12.1. The fourth-order valence-electron chi connectivity index (χ4n) is 4.23. The molecule has 1 fully saturated rings. The van der Waals surface area contributed by atoms with E-state index < -0.39 is 10.0 Å². The van der Waals surface area contributed by atoms with Gasteiger partial charge in [-0.25, -0.2) is 8.42 Å². The molecule has 0 bridgehead atoms. The number of hydrogen-bond donors (Lipinski definition) is 1. The quantitative estimate of drug-likeness (QED) is 0.713. The summed E-state index contributed by atoms with van der Waals surface area (Å²) in [4.78, 5) is 12.4. The Hall–Kier alpha value is -2.54. The Balaban J connectivity index is 1.35. The van der Waals surface area contributed by atoms with Crippen molar-refractivity contribution in [2.24, 2.45) is 0 Å². The van der Waals surface area contributed by atoms with Gasteiger partial charge in [-0.1, -0.05) is 43.9 Å². The summed E-state index contributed by atoms with van der Waals surface area (Å²) in [6, 6.07) is 14.1. The summed E-state index contributed by atoms with van der Waals surface area (Å²) < 4.78 is 33.1. The Morgan fingerprint density at radius 3 is 2.43 bits per heavy atom. The van der Waals surface area contributed by atoms with Gasteiger partial charge in [-0.3, -0.25) is 9.10 Å². The number of carbonyl (C=O) groups excluding carboxylic acids is 1. The standard InChI is InChI=1S/C23H28N2O4S/c26-23(24-19-8-3-1-2-4-9-19)17-29-20-11-13-21(14-12-20)30(27,28)25-16-15-18-7-5-6-10-22(18)25/h5-7,10-14,19H,1-4,8-9,15-17H2,(H,24,26). The Morgan fingerprint density at radius 2 is 1.70 bits per heavy atom. The van der Waals surface area contributed by atoms with Gasteiger partial charge in [0.05, 0.1) is 10.6 Å². The highest BCUT2D eigenvalue weighted by Crippen LogP contribution is 2.33. The van der Waals surface area contributed by atoms with E-state index in [0.717, 1.165) is 36.9 Å². The van der Waals surface area contributed by atoms with Crippen LogP contribution < -0.4 is 14.4 Å². The van der Waals surface area contributed by atoms with Crippen molar-refractivity contribution in [1.82, 2.24) is 5.32 Å². The van der Waals surface area contributed by atoms with Crippen LogP contribution >= 0.6 is 0 Å². The number of benzene rings is 2. The lowest BCUT2D eigenvalue weighted by atomic mass is 10.1. The van der Waals surface area contributed by atoms with Gasteiger partial charge in [-0.05, 0) is 55.2 Å². The Morgan fingerprint density at radius 1 is 1.00 bits per heavy atom. The van der Waals surface area contributed by atoms with Crippen molar-refractivity contribution >= 4 is 21.6 Å². The van der Waals surface area contributed by atoms with E-state index in [9.17, 15) is 13.2 Å². The van der Waals surface area contributed by atoms with Crippen molar-refractivity contribution in [3.05, 3.63) is 54.1 Å².